The van der Waals surface area contributed by atoms with E-state index in [1.807, 2.05) is 117 Å². The van der Waals surface area contributed by atoms with Gasteiger partial charge in [0.05, 0.1) is 24.4 Å². The zero-order valence-electron chi connectivity index (χ0n) is 56.7. The van der Waals surface area contributed by atoms with E-state index in [1.54, 1.807) is 55.2 Å². The summed E-state index contributed by atoms with van der Waals surface area (Å²) in [7, 11) is -6.02. The fraction of sp³-hybridized carbons (Fsp3) is 0.250. The summed E-state index contributed by atoms with van der Waals surface area (Å²) in [4.78, 5) is 115. The summed E-state index contributed by atoms with van der Waals surface area (Å²) in [6.45, 7) is 2.78. The number of rotatable bonds is 30. The molecule has 2 heterocycles. The molecule has 526 valence electrons. The lowest BCUT2D eigenvalue weighted by molar-refractivity contribution is -0.131. The monoisotopic (exact) mass is 1430 g/mol. The maximum atomic E-state index is 14.6. The number of amides is 7. The smallest absolute Gasteiger partial charge is 0.410 e. The van der Waals surface area contributed by atoms with Crippen LogP contribution in [0.3, 0.4) is 0 Å². The van der Waals surface area contributed by atoms with Crippen LogP contribution >= 0.6 is 11.8 Å². The molecule has 9 aromatic rings. The summed E-state index contributed by atoms with van der Waals surface area (Å²) in [5.41, 5.74) is 8.62. The molecule has 0 radical (unpaired) electrons. The zero-order valence-corrected chi connectivity index (χ0v) is 59.1. The Morgan fingerprint density at radius 2 is 0.941 bits per heavy atom. The lowest BCUT2D eigenvalue weighted by Crippen LogP contribution is -2.53. The van der Waals surface area contributed by atoms with Gasteiger partial charge in [0.1, 0.15) is 12.1 Å². The molecule has 0 saturated heterocycles. The molecular weight excluding hydrogens is 1360 g/mol. The van der Waals surface area contributed by atoms with Gasteiger partial charge in [-0.05, 0) is 95.8 Å². The van der Waals surface area contributed by atoms with Crippen molar-refractivity contribution in [2.24, 2.45) is 0 Å². The average Bonchev–Trinajstić information content (AvgIpc) is 1.27. The number of nitrogens with zero attached hydrogens (tertiary/aromatic N) is 5. The minimum atomic E-state index is -3.80. The van der Waals surface area contributed by atoms with E-state index in [9.17, 15) is 50.4 Å². The number of unbranched alkanes of at least 4 members (excludes halogenated alkanes) is 1. The third kappa shape index (κ3) is 18.9. The molecule has 7 aromatic carbocycles. The fourth-order valence-electron chi connectivity index (χ4n) is 11.8. The second kappa shape index (κ2) is 33.0. The van der Waals surface area contributed by atoms with Crippen molar-refractivity contribution in [2.75, 3.05) is 52.3 Å². The van der Waals surface area contributed by atoms with Gasteiger partial charge in [0, 0.05) is 96.4 Å². The van der Waals surface area contributed by atoms with Gasteiger partial charge in [-0.15, -0.1) is 11.8 Å². The summed E-state index contributed by atoms with van der Waals surface area (Å²) >= 11 is 1.70. The minimum Gasteiger partial charge on any atom is -0.436 e. The van der Waals surface area contributed by atoms with Crippen LogP contribution in [0.15, 0.2) is 223 Å². The third-order valence-corrected chi connectivity index (χ3v) is 20.3. The summed E-state index contributed by atoms with van der Waals surface area (Å²) in [5, 5.41) is 15.3. The average molecular weight is 1430 g/mol. The number of aromatic nitrogens is 4. The lowest BCUT2D eigenvalue weighted by Gasteiger charge is -2.41. The molecule has 0 fully saturated rings. The van der Waals surface area contributed by atoms with Gasteiger partial charge < -0.3 is 41.5 Å². The van der Waals surface area contributed by atoms with Crippen molar-refractivity contribution in [3.63, 3.8) is 0 Å². The Hall–Kier alpha value is -11.0. The van der Waals surface area contributed by atoms with Crippen LogP contribution in [0, 0.1) is 0 Å². The molecule has 6 N–H and O–H groups in total. The molecule has 0 bridgehead atoms. The molecule has 0 unspecified atom stereocenters. The van der Waals surface area contributed by atoms with Crippen LogP contribution in [-0.4, -0.2) is 152 Å². The number of sulfone groups is 2. The Morgan fingerprint density at radius 1 is 0.510 bits per heavy atom. The number of benzene rings is 7. The summed E-state index contributed by atoms with van der Waals surface area (Å²) in [6, 6.07) is 56.8. The quantitative estimate of drug-likeness (QED) is 0.0140. The highest BCUT2D eigenvalue weighted by Gasteiger charge is 2.42. The van der Waals surface area contributed by atoms with E-state index in [2.05, 4.69) is 88.2 Å². The first-order valence-electron chi connectivity index (χ1n) is 32.7. The van der Waals surface area contributed by atoms with Crippen molar-refractivity contribution >= 4 is 73.0 Å². The maximum absolute atomic E-state index is 14.6. The highest BCUT2D eigenvalue weighted by molar-refractivity contribution is 8.02. The molecule has 0 aliphatic heterocycles. The fourth-order valence-corrected chi connectivity index (χ4v) is 14.5. The highest BCUT2D eigenvalue weighted by atomic mass is 32.2. The van der Waals surface area contributed by atoms with E-state index in [4.69, 9.17) is 4.74 Å². The van der Waals surface area contributed by atoms with E-state index in [1.165, 1.54) is 41.8 Å². The number of ether oxygens (including phenoxy) is 1. The molecule has 0 saturated carbocycles. The van der Waals surface area contributed by atoms with E-state index in [0.29, 0.717) is 23.1 Å². The molecule has 102 heavy (non-hydrogen) atoms. The molecule has 2 aromatic heterocycles. The molecule has 23 nitrogen and oxygen atoms in total. The van der Waals surface area contributed by atoms with Gasteiger partial charge >= 0.3 is 6.09 Å². The highest BCUT2D eigenvalue weighted by Crippen LogP contribution is 2.53. The van der Waals surface area contributed by atoms with Crippen molar-refractivity contribution in [1.29, 1.82) is 0 Å². The number of nitrogens with one attached hydrogen (secondary N) is 6. The number of thioether (sulfide) groups is 1. The molecule has 2 atom stereocenters. The van der Waals surface area contributed by atoms with E-state index < -0.39 is 119 Å². The Labute approximate surface area is 596 Å². The second-order valence-electron chi connectivity index (χ2n) is 25.2. The molecule has 7 amide bonds. The molecular formula is C76H77N11O12S3. The number of carbonyl (C=O) groups excluding carboxylic acids is 7. The van der Waals surface area contributed by atoms with Crippen molar-refractivity contribution < 1.29 is 55.1 Å². The standard InChI is InChI=1S/C76H77N11O12S3/c1-75(2,100-76(56-26-12-7-13-27-56,57-28-14-8-15-29-57)58-30-16-9-17-31-58)49-84-66(89)47-79-71(93)64(38-50-24-10-6-11-25-50)85-67(90)48-77-65(88)46-78-70(92)63(36-22-23-37-87(3)74(94)99-68-61-34-20-18-32-59(61)60-33-19-21-35-62(60)68)86-69(91)53-40-51(54-42-80-72(81-43-54)101(4,95)96)39-52(41-53)55-44-82-73(83-45-55)102(5,97)98/h6-21,24-35,39-45,63-64,68H,22-23,36-38,46-49H2,1-5H3,(H,77,88)(H,78,92)(H,79,93)(H,84,89)(H,85,90)(H,86,91)/t63-,64-/m0/s1. The normalized spacial score (nSPS) is 12.7. The first kappa shape index (κ1) is 73.7. The first-order valence-corrected chi connectivity index (χ1v) is 37.3. The van der Waals surface area contributed by atoms with Crippen LogP contribution < -0.4 is 31.9 Å². The van der Waals surface area contributed by atoms with Crippen LogP contribution in [0.1, 0.15) is 83.0 Å². The SMILES string of the molecule is CN(CCCC[C@H](NC(=O)c1cc(-c2cnc(S(C)(=O)=O)nc2)cc(-c2cnc(S(C)(=O)=O)nc2)c1)C(=O)NCC(=O)NCC(=O)N[C@@H](Cc1ccccc1)C(=O)NCC(=O)NCC(C)(C)SC(c1ccccc1)(c1ccccc1)c1ccccc1)C(=O)OC1c2ccccc2-c2ccccc21. The van der Waals surface area contributed by atoms with Gasteiger partial charge in [0.15, 0.2) is 6.10 Å². The summed E-state index contributed by atoms with van der Waals surface area (Å²) in [6.07, 6.45) is 6.22. The van der Waals surface area contributed by atoms with Crippen molar-refractivity contribution in [2.45, 2.75) is 77.5 Å². The van der Waals surface area contributed by atoms with Gasteiger partial charge in [-0.25, -0.2) is 41.6 Å². The molecule has 0 spiro atoms. The number of carbonyl (C=O) groups is 7. The van der Waals surface area contributed by atoms with Gasteiger partial charge in [0.2, 0.25) is 59.5 Å². The van der Waals surface area contributed by atoms with Crippen LogP contribution in [0.2, 0.25) is 0 Å². The van der Waals surface area contributed by atoms with E-state index in [0.717, 1.165) is 51.5 Å². The largest absolute Gasteiger partial charge is 0.436 e. The third-order valence-electron chi connectivity index (χ3n) is 16.9. The number of fused-ring (bicyclic) bond motifs is 3. The topological polar surface area (TPSA) is 324 Å². The van der Waals surface area contributed by atoms with Gasteiger partial charge in [0.25, 0.3) is 5.91 Å². The van der Waals surface area contributed by atoms with Crippen LogP contribution in [0.25, 0.3) is 33.4 Å². The van der Waals surface area contributed by atoms with E-state index in [-0.39, 0.29) is 49.0 Å². The second-order valence-corrected chi connectivity index (χ2v) is 30.9. The molecule has 1 aliphatic rings. The first-order chi connectivity index (χ1) is 48.8. The number of hydrogen-bond donors (Lipinski definition) is 6. The summed E-state index contributed by atoms with van der Waals surface area (Å²) < 4.78 is 53.9. The van der Waals surface area contributed by atoms with Gasteiger partial charge in [-0.1, -0.05) is 170 Å². The van der Waals surface area contributed by atoms with Gasteiger partial charge in [-0.2, -0.15) is 0 Å². The Balaban J connectivity index is 0.789. The Bertz CT molecular complexity index is 4500. The summed E-state index contributed by atoms with van der Waals surface area (Å²) in [5.74, 6) is -4.29. The Morgan fingerprint density at radius 3 is 1.42 bits per heavy atom. The predicted octanol–water partition coefficient (Wildman–Crippen LogP) is 8.21. The van der Waals surface area contributed by atoms with Crippen molar-refractivity contribution in [3.8, 4) is 33.4 Å². The number of hydrogen-bond acceptors (Lipinski definition) is 17. The molecule has 10 rings (SSSR count). The van der Waals surface area contributed by atoms with Crippen molar-refractivity contribution in [1.82, 2.24) is 56.7 Å². The Kier molecular flexibility index (Phi) is 23.9. The molecule has 1 aliphatic carbocycles. The zero-order chi connectivity index (χ0) is 72.6. The predicted molar refractivity (Wildman–Crippen MR) is 388 cm³/mol. The van der Waals surface area contributed by atoms with Gasteiger partial charge in [-0.3, -0.25) is 28.8 Å². The lowest BCUT2D eigenvalue weighted by atomic mass is 9.84. The van der Waals surface area contributed by atoms with Crippen LogP contribution in [0.5, 0.6) is 0 Å². The van der Waals surface area contributed by atoms with Crippen LogP contribution in [-0.2, 0) is 59.6 Å². The molecule has 26 heteroatoms. The maximum Gasteiger partial charge on any atom is 0.410 e. The van der Waals surface area contributed by atoms with Crippen molar-refractivity contribution in [3.05, 3.63) is 252 Å². The minimum absolute atomic E-state index is 0.0233. The van der Waals surface area contributed by atoms with E-state index >= 15 is 0 Å². The van der Waals surface area contributed by atoms with Crippen LogP contribution in [0.4, 0.5) is 4.79 Å².